The van der Waals surface area contributed by atoms with E-state index in [0.29, 0.717) is 24.4 Å². The fourth-order valence-electron chi connectivity index (χ4n) is 3.74. The molecule has 6 heteroatoms. The lowest BCUT2D eigenvalue weighted by molar-refractivity contribution is 0.413. The zero-order valence-corrected chi connectivity index (χ0v) is 15.1. The zero-order valence-electron chi connectivity index (χ0n) is 15.1. The van der Waals surface area contributed by atoms with Gasteiger partial charge >= 0.3 is 0 Å². The Labute approximate surface area is 160 Å². The second kappa shape index (κ2) is 7.19. The average Bonchev–Trinajstić information content (AvgIpc) is 2.71. The van der Waals surface area contributed by atoms with Crippen LogP contribution in [0.2, 0.25) is 0 Å². The summed E-state index contributed by atoms with van der Waals surface area (Å²) in [7, 11) is 1.56. The van der Waals surface area contributed by atoms with Crippen molar-refractivity contribution in [3.63, 3.8) is 0 Å². The van der Waals surface area contributed by atoms with Gasteiger partial charge in [-0.15, -0.1) is 0 Å². The summed E-state index contributed by atoms with van der Waals surface area (Å²) in [6.07, 6.45) is 0.596. The molecule has 4 rings (SSSR count). The quantitative estimate of drug-likeness (QED) is 0.558. The Kier molecular flexibility index (Phi) is 4.71. The summed E-state index contributed by atoms with van der Waals surface area (Å²) < 4.78 is 61.2. The molecular formula is C22H17F4NO. The Balaban J connectivity index is 1.90. The predicted molar refractivity (Wildman–Crippen MR) is 98.6 cm³/mol. The highest BCUT2D eigenvalue weighted by molar-refractivity contribution is 5.57. The minimum absolute atomic E-state index is 0.135. The molecule has 3 aromatic carbocycles. The van der Waals surface area contributed by atoms with Crippen molar-refractivity contribution in [2.45, 2.75) is 12.5 Å². The first-order chi connectivity index (χ1) is 13.5. The minimum Gasteiger partial charge on any atom is -0.497 e. The van der Waals surface area contributed by atoms with E-state index in [4.69, 9.17) is 4.74 Å². The van der Waals surface area contributed by atoms with Crippen molar-refractivity contribution in [2.24, 2.45) is 0 Å². The molecule has 0 N–H and O–H groups in total. The highest BCUT2D eigenvalue weighted by Gasteiger charge is 2.32. The van der Waals surface area contributed by atoms with Crippen LogP contribution in [0.4, 0.5) is 23.2 Å². The van der Waals surface area contributed by atoms with Gasteiger partial charge in [0.15, 0.2) is 23.3 Å². The van der Waals surface area contributed by atoms with Crippen LogP contribution >= 0.6 is 0 Å². The molecule has 0 fully saturated rings. The number of hydrogen-bond donors (Lipinski definition) is 0. The number of hydrogen-bond acceptors (Lipinski definition) is 2. The first-order valence-corrected chi connectivity index (χ1v) is 8.82. The Morgan fingerprint density at radius 2 is 1.68 bits per heavy atom. The standard InChI is InChI=1S/C22H17F4NO/c1-28-15-6-7-16-13(11-15)9-10-27(14-5-8-18(23)20(25)12-14)22(16)17-3-2-4-19(24)21(17)26/h2-8,11-12,22H,9-10H2,1H3/t22-/m1/s1. The normalized spacial score (nSPS) is 16.0. The summed E-state index contributed by atoms with van der Waals surface area (Å²) in [4.78, 5) is 1.76. The number of nitrogens with zero attached hydrogens (tertiary/aromatic N) is 1. The van der Waals surface area contributed by atoms with Crippen LogP contribution in [0.25, 0.3) is 0 Å². The fraction of sp³-hybridized carbons (Fsp3) is 0.182. The maximum atomic E-state index is 14.7. The fourth-order valence-corrected chi connectivity index (χ4v) is 3.74. The highest BCUT2D eigenvalue weighted by atomic mass is 19.2. The van der Waals surface area contributed by atoms with Crippen molar-refractivity contribution in [3.8, 4) is 5.75 Å². The van der Waals surface area contributed by atoms with E-state index in [-0.39, 0.29) is 5.56 Å². The average molecular weight is 387 g/mol. The maximum absolute atomic E-state index is 14.7. The van der Waals surface area contributed by atoms with Crippen molar-refractivity contribution < 1.29 is 22.3 Å². The first-order valence-electron chi connectivity index (χ1n) is 8.82. The molecule has 0 aromatic heterocycles. The van der Waals surface area contributed by atoms with Crippen LogP contribution in [0.1, 0.15) is 22.7 Å². The van der Waals surface area contributed by atoms with Gasteiger partial charge in [-0.1, -0.05) is 18.2 Å². The lowest BCUT2D eigenvalue weighted by Gasteiger charge is -2.39. The third kappa shape index (κ3) is 3.09. The van der Waals surface area contributed by atoms with Gasteiger partial charge in [-0.05, 0) is 47.9 Å². The molecule has 3 aromatic rings. The number of benzene rings is 3. The summed E-state index contributed by atoms with van der Waals surface area (Å²) in [5.41, 5.74) is 2.23. The molecule has 0 amide bonds. The van der Waals surface area contributed by atoms with Gasteiger partial charge in [0.2, 0.25) is 0 Å². The smallest absolute Gasteiger partial charge is 0.164 e. The number of fused-ring (bicyclic) bond motifs is 1. The van der Waals surface area contributed by atoms with Gasteiger partial charge in [0, 0.05) is 23.9 Å². The van der Waals surface area contributed by atoms with Crippen molar-refractivity contribution in [1.29, 1.82) is 0 Å². The third-order valence-corrected chi connectivity index (χ3v) is 5.09. The summed E-state index contributed by atoms with van der Waals surface area (Å²) in [6, 6.07) is 12.3. The van der Waals surface area contributed by atoms with E-state index in [1.54, 1.807) is 24.1 Å². The van der Waals surface area contributed by atoms with Crippen LogP contribution in [0, 0.1) is 23.3 Å². The number of methoxy groups -OCH3 is 1. The summed E-state index contributed by atoms with van der Waals surface area (Å²) in [6.45, 7) is 0.422. The molecule has 0 spiro atoms. The Morgan fingerprint density at radius 3 is 2.43 bits per heavy atom. The van der Waals surface area contributed by atoms with Gasteiger partial charge in [-0.25, -0.2) is 17.6 Å². The number of rotatable bonds is 3. The first kappa shape index (κ1) is 18.3. The van der Waals surface area contributed by atoms with Crippen molar-refractivity contribution in [2.75, 3.05) is 18.6 Å². The van der Waals surface area contributed by atoms with Crippen LogP contribution in [0.15, 0.2) is 54.6 Å². The van der Waals surface area contributed by atoms with E-state index in [1.807, 2.05) is 6.07 Å². The molecule has 1 aliphatic rings. The summed E-state index contributed by atoms with van der Waals surface area (Å²) >= 11 is 0. The maximum Gasteiger partial charge on any atom is 0.164 e. The van der Waals surface area contributed by atoms with Crippen LogP contribution in [0.5, 0.6) is 5.75 Å². The Morgan fingerprint density at radius 1 is 0.857 bits per heavy atom. The Bertz CT molecular complexity index is 1040. The molecule has 0 radical (unpaired) electrons. The molecule has 1 aliphatic heterocycles. The molecular weight excluding hydrogens is 370 g/mol. The van der Waals surface area contributed by atoms with E-state index in [1.165, 1.54) is 18.2 Å². The van der Waals surface area contributed by atoms with Gasteiger partial charge < -0.3 is 9.64 Å². The molecule has 0 aliphatic carbocycles. The van der Waals surface area contributed by atoms with E-state index in [9.17, 15) is 17.6 Å². The molecule has 0 unspecified atom stereocenters. The van der Waals surface area contributed by atoms with E-state index >= 15 is 0 Å². The van der Waals surface area contributed by atoms with Gasteiger partial charge in [0.05, 0.1) is 13.2 Å². The molecule has 0 saturated heterocycles. The van der Waals surface area contributed by atoms with Crippen molar-refractivity contribution in [3.05, 3.63) is 94.6 Å². The predicted octanol–water partition coefficient (Wildman–Crippen LogP) is 5.40. The summed E-state index contributed by atoms with van der Waals surface area (Å²) in [5, 5.41) is 0. The lowest BCUT2D eigenvalue weighted by Crippen LogP contribution is -2.37. The summed E-state index contributed by atoms with van der Waals surface area (Å²) in [5.74, 6) is -3.19. The molecule has 0 saturated carbocycles. The van der Waals surface area contributed by atoms with Crippen LogP contribution in [-0.4, -0.2) is 13.7 Å². The topological polar surface area (TPSA) is 12.5 Å². The van der Waals surface area contributed by atoms with E-state index in [2.05, 4.69) is 0 Å². The third-order valence-electron chi connectivity index (χ3n) is 5.09. The Hall–Kier alpha value is -3.02. The minimum atomic E-state index is -0.989. The monoisotopic (exact) mass is 387 g/mol. The van der Waals surface area contributed by atoms with Gasteiger partial charge in [-0.2, -0.15) is 0 Å². The second-order valence-electron chi connectivity index (χ2n) is 6.65. The van der Waals surface area contributed by atoms with Crippen LogP contribution in [0.3, 0.4) is 0 Å². The van der Waals surface area contributed by atoms with Crippen LogP contribution in [-0.2, 0) is 6.42 Å². The van der Waals surface area contributed by atoms with E-state index < -0.39 is 29.3 Å². The van der Waals surface area contributed by atoms with Gasteiger partial charge in [-0.3, -0.25) is 0 Å². The molecule has 144 valence electrons. The largest absolute Gasteiger partial charge is 0.497 e. The van der Waals surface area contributed by atoms with Gasteiger partial charge in [0.25, 0.3) is 0 Å². The molecule has 0 bridgehead atoms. The lowest BCUT2D eigenvalue weighted by atomic mass is 9.87. The highest BCUT2D eigenvalue weighted by Crippen LogP contribution is 2.40. The molecule has 28 heavy (non-hydrogen) atoms. The number of ether oxygens (including phenoxy) is 1. The van der Waals surface area contributed by atoms with Crippen LogP contribution < -0.4 is 9.64 Å². The zero-order chi connectivity index (χ0) is 19.8. The van der Waals surface area contributed by atoms with E-state index in [0.717, 1.165) is 29.3 Å². The molecule has 1 heterocycles. The van der Waals surface area contributed by atoms with Gasteiger partial charge in [0.1, 0.15) is 5.75 Å². The van der Waals surface area contributed by atoms with Crippen molar-refractivity contribution >= 4 is 5.69 Å². The number of anilines is 1. The molecule has 2 nitrogen and oxygen atoms in total. The molecule has 1 atom stereocenters. The SMILES string of the molecule is COc1ccc2c(c1)CCN(c1ccc(F)c(F)c1)[C@H]2c1cccc(F)c1F. The number of halogens is 4. The second-order valence-corrected chi connectivity index (χ2v) is 6.65. The van der Waals surface area contributed by atoms with Crippen molar-refractivity contribution in [1.82, 2.24) is 0 Å².